The average Bonchev–Trinajstić information content (AvgIpc) is 2.55. The molecule has 4 heteroatoms. The molecule has 1 aliphatic carbocycles. The maximum absolute atomic E-state index is 9.94. The highest BCUT2D eigenvalue weighted by molar-refractivity contribution is 4.91. The van der Waals surface area contributed by atoms with E-state index in [1.807, 2.05) is 6.92 Å². The van der Waals surface area contributed by atoms with Crippen molar-refractivity contribution in [1.82, 2.24) is 14.8 Å². The Morgan fingerprint density at radius 3 is 3.00 bits per heavy atom. The molecule has 1 aliphatic rings. The molecule has 0 radical (unpaired) electrons. The van der Waals surface area contributed by atoms with Crippen molar-refractivity contribution < 1.29 is 5.11 Å². The van der Waals surface area contributed by atoms with Gasteiger partial charge in [0.05, 0.1) is 11.6 Å². The zero-order valence-electron chi connectivity index (χ0n) is 7.14. The van der Waals surface area contributed by atoms with Gasteiger partial charge in [0.2, 0.25) is 0 Å². The summed E-state index contributed by atoms with van der Waals surface area (Å²) in [5, 5.41) is 14.0. The van der Waals surface area contributed by atoms with E-state index in [0.717, 1.165) is 19.3 Å². The zero-order chi connectivity index (χ0) is 8.60. The van der Waals surface area contributed by atoms with Crippen LogP contribution in [0.3, 0.4) is 0 Å². The molecule has 0 bridgehead atoms. The van der Waals surface area contributed by atoms with Crippen molar-refractivity contribution in [3.63, 3.8) is 0 Å². The first kappa shape index (κ1) is 7.73. The van der Waals surface area contributed by atoms with Crippen molar-refractivity contribution in [3.05, 3.63) is 12.7 Å². The minimum atomic E-state index is -0.603. The summed E-state index contributed by atoms with van der Waals surface area (Å²) in [6.45, 7) is 1.87. The Morgan fingerprint density at radius 1 is 1.67 bits per heavy atom. The summed E-state index contributed by atoms with van der Waals surface area (Å²) in [4.78, 5) is 3.87. The largest absolute Gasteiger partial charge is 0.388 e. The first-order valence-corrected chi connectivity index (χ1v) is 4.27. The summed E-state index contributed by atoms with van der Waals surface area (Å²) < 4.78 is 1.76. The van der Waals surface area contributed by atoms with Crippen molar-refractivity contribution in [2.45, 2.75) is 37.8 Å². The highest BCUT2D eigenvalue weighted by Crippen LogP contribution is 2.37. The lowest BCUT2D eigenvalue weighted by Gasteiger charge is -2.24. The van der Waals surface area contributed by atoms with E-state index in [4.69, 9.17) is 0 Å². The minimum Gasteiger partial charge on any atom is -0.388 e. The van der Waals surface area contributed by atoms with Crippen molar-refractivity contribution in [2.24, 2.45) is 0 Å². The van der Waals surface area contributed by atoms with Gasteiger partial charge in [-0.3, -0.25) is 0 Å². The molecule has 0 saturated heterocycles. The average molecular weight is 167 g/mol. The highest BCUT2D eigenvalue weighted by Gasteiger charge is 2.38. The molecule has 1 aromatic rings. The molecule has 1 fully saturated rings. The van der Waals surface area contributed by atoms with Gasteiger partial charge in [0.1, 0.15) is 12.7 Å². The molecule has 2 unspecified atom stereocenters. The molecule has 1 N–H and O–H groups in total. The van der Waals surface area contributed by atoms with E-state index in [9.17, 15) is 5.11 Å². The molecule has 2 atom stereocenters. The highest BCUT2D eigenvalue weighted by atomic mass is 16.3. The van der Waals surface area contributed by atoms with E-state index in [2.05, 4.69) is 10.1 Å². The maximum Gasteiger partial charge on any atom is 0.137 e. The number of aliphatic hydroxyl groups is 1. The smallest absolute Gasteiger partial charge is 0.137 e. The normalized spacial score (nSPS) is 35.7. The lowest BCUT2D eigenvalue weighted by molar-refractivity contribution is 0.0220. The molecular weight excluding hydrogens is 154 g/mol. The van der Waals surface area contributed by atoms with Gasteiger partial charge in [-0.25, -0.2) is 9.67 Å². The number of hydrogen-bond acceptors (Lipinski definition) is 3. The van der Waals surface area contributed by atoms with Gasteiger partial charge in [-0.15, -0.1) is 0 Å². The number of hydrogen-bond donors (Lipinski definition) is 1. The summed E-state index contributed by atoms with van der Waals surface area (Å²) >= 11 is 0. The summed E-state index contributed by atoms with van der Waals surface area (Å²) in [5.41, 5.74) is -0.603. The first-order chi connectivity index (χ1) is 5.70. The Bertz CT molecular complexity index is 255. The second kappa shape index (κ2) is 2.55. The van der Waals surface area contributed by atoms with Crippen LogP contribution in [0, 0.1) is 0 Å². The van der Waals surface area contributed by atoms with Gasteiger partial charge in [-0.05, 0) is 26.2 Å². The molecule has 0 spiro atoms. The van der Waals surface area contributed by atoms with Crippen LogP contribution in [0.25, 0.3) is 0 Å². The number of aromatic nitrogens is 3. The SMILES string of the molecule is CC1(O)CCCC1n1cncn1. The number of rotatable bonds is 1. The Kier molecular flexibility index (Phi) is 1.65. The summed E-state index contributed by atoms with van der Waals surface area (Å²) in [5.74, 6) is 0. The third-order valence-corrected chi connectivity index (χ3v) is 2.63. The van der Waals surface area contributed by atoms with Gasteiger partial charge in [0.15, 0.2) is 0 Å². The minimum absolute atomic E-state index is 0.111. The zero-order valence-corrected chi connectivity index (χ0v) is 7.14. The van der Waals surface area contributed by atoms with Crippen LogP contribution in [0.1, 0.15) is 32.2 Å². The Balaban J connectivity index is 2.25. The van der Waals surface area contributed by atoms with Gasteiger partial charge < -0.3 is 5.11 Å². The van der Waals surface area contributed by atoms with E-state index in [-0.39, 0.29) is 6.04 Å². The van der Waals surface area contributed by atoms with Gasteiger partial charge in [-0.2, -0.15) is 5.10 Å². The fourth-order valence-corrected chi connectivity index (χ4v) is 1.93. The molecule has 2 rings (SSSR count). The molecule has 1 aromatic heterocycles. The lowest BCUT2D eigenvalue weighted by Crippen LogP contribution is -2.31. The summed E-state index contributed by atoms with van der Waals surface area (Å²) in [7, 11) is 0. The van der Waals surface area contributed by atoms with Crippen LogP contribution >= 0.6 is 0 Å². The van der Waals surface area contributed by atoms with E-state index in [0.29, 0.717) is 0 Å². The van der Waals surface area contributed by atoms with Crippen molar-refractivity contribution >= 4 is 0 Å². The molecule has 4 nitrogen and oxygen atoms in total. The number of nitrogens with zero attached hydrogens (tertiary/aromatic N) is 3. The lowest BCUT2D eigenvalue weighted by atomic mass is 10.0. The Labute approximate surface area is 71.2 Å². The van der Waals surface area contributed by atoms with Crippen molar-refractivity contribution in [2.75, 3.05) is 0 Å². The maximum atomic E-state index is 9.94. The van der Waals surface area contributed by atoms with Crippen LogP contribution in [-0.4, -0.2) is 25.5 Å². The molecule has 0 amide bonds. The molecule has 0 aromatic carbocycles. The van der Waals surface area contributed by atoms with Crippen LogP contribution in [0.15, 0.2) is 12.7 Å². The Morgan fingerprint density at radius 2 is 2.50 bits per heavy atom. The standard InChI is InChI=1S/C8H13N3O/c1-8(12)4-2-3-7(8)11-6-9-5-10-11/h5-7,12H,2-4H2,1H3. The fourth-order valence-electron chi connectivity index (χ4n) is 1.93. The van der Waals surface area contributed by atoms with E-state index in [1.165, 1.54) is 6.33 Å². The summed E-state index contributed by atoms with van der Waals surface area (Å²) in [6, 6.07) is 0.111. The quantitative estimate of drug-likeness (QED) is 0.671. The van der Waals surface area contributed by atoms with Gasteiger partial charge in [0.25, 0.3) is 0 Å². The van der Waals surface area contributed by atoms with Gasteiger partial charge in [0, 0.05) is 0 Å². The molecule has 0 aliphatic heterocycles. The second-order valence-electron chi connectivity index (χ2n) is 3.64. The predicted molar refractivity (Wildman–Crippen MR) is 43.5 cm³/mol. The molecule has 1 heterocycles. The topological polar surface area (TPSA) is 50.9 Å². The van der Waals surface area contributed by atoms with Crippen molar-refractivity contribution in [1.29, 1.82) is 0 Å². The molecule has 12 heavy (non-hydrogen) atoms. The van der Waals surface area contributed by atoms with Crippen LogP contribution in [0.4, 0.5) is 0 Å². The predicted octanol–water partition coefficient (Wildman–Crippen LogP) is 0.754. The molecule has 66 valence electrons. The third-order valence-electron chi connectivity index (χ3n) is 2.63. The van der Waals surface area contributed by atoms with Crippen LogP contribution in [0.2, 0.25) is 0 Å². The molecular formula is C8H13N3O. The van der Waals surface area contributed by atoms with Crippen LogP contribution in [-0.2, 0) is 0 Å². The Hall–Kier alpha value is -0.900. The van der Waals surface area contributed by atoms with E-state index in [1.54, 1.807) is 11.0 Å². The monoisotopic (exact) mass is 167 g/mol. The van der Waals surface area contributed by atoms with Crippen LogP contribution in [0.5, 0.6) is 0 Å². The van der Waals surface area contributed by atoms with Crippen LogP contribution < -0.4 is 0 Å². The molecule has 1 saturated carbocycles. The second-order valence-corrected chi connectivity index (χ2v) is 3.64. The van der Waals surface area contributed by atoms with Gasteiger partial charge >= 0.3 is 0 Å². The van der Waals surface area contributed by atoms with E-state index >= 15 is 0 Å². The summed E-state index contributed by atoms with van der Waals surface area (Å²) in [6.07, 6.45) is 6.10. The third kappa shape index (κ3) is 1.12. The van der Waals surface area contributed by atoms with E-state index < -0.39 is 5.60 Å². The van der Waals surface area contributed by atoms with Crippen molar-refractivity contribution in [3.8, 4) is 0 Å². The first-order valence-electron chi connectivity index (χ1n) is 4.27. The van der Waals surface area contributed by atoms with Gasteiger partial charge in [-0.1, -0.05) is 0 Å². The fraction of sp³-hybridized carbons (Fsp3) is 0.750.